The van der Waals surface area contributed by atoms with Gasteiger partial charge in [-0.25, -0.2) is 0 Å². The normalized spacial score (nSPS) is 10.7. The van der Waals surface area contributed by atoms with Gasteiger partial charge in [0.25, 0.3) is 0 Å². The van der Waals surface area contributed by atoms with Gasteiger partial charge in [0.1, 0.15) is 11.5 Å². The SMILES string of the molecule is CCCc1c(-c2ccc(O)cc2)cccc1-c1ccc(O)cc1. The summed E-state index contributed by atoms with van der Waals surface area (Å²) in [5.74, 6) is 0.556. The zero-order valence-corrected chi connectivity index (χ0v) is 13.2. The molecule has 116 valence electrons. The van der Waals surface area contributed by atoms with E-state index in [0.717, 1.165) is 24.0 Å². The predicted molar refractivity (Wildman–Crippen MR) is 94.6 cm³/mol. The molecule has 0 saturated carbocycles. The fourth-order valence-corrected chi connectivity index (χ4v) is 2.93. The average molecular weight is 304 g/mol. The molecule has 0 unspecified atom stereocenters. The third-order valence-electron chi connectivity index (χ3n) is 4.03. The summed E-state index contributed by atoms with van der Waals surface area (Å²) >= 11 is 0. The lowest BCUT2D eigenvalue weighted by atomic mass is 9.89. The summed E-state index contributed by atoms with van der Waals surface area (Å²) in [5, 5.41) is 19.0. The number of hydrogen-bond donors (Lipinski definition) is 2. The summed E-state index contributed by atoms with van der Waals surface area (Å²) in [6.45, 7) is 2.17. The summed E-state index contributed by atoms with van der Waals surface area (Å²) < 4.78 is 0. The van der Waals surface area contributed by atoms with E-state index in [2.05, 4.69) is 25.1 Å². The molecule has 0 fully saturated rings. The van der Waals surface area contributed by atoms with E-state index in [0.29, 0.717) is 0 Å². The number of aromatic hydroxyl groups is 2. The molecule has 0 spiro atoms. The second kappa shape index (κ2) is 6.57. The molecule has 3 aromatic carbocycles. The molecule has 2 heteroatoms. The first-order chi connectivity index (χ1) is 11.2. The molecule has 0 aliphatic carbocycles. The van der Waals surface area contributed by atoms with Crippen LogP contribution in [0.2, 0.25) is 0 Å². The highest BCUT2D eigenvalue weighted by molar-refractivity contribution is 5.79. The van der Waals surface area contributed by atoms with E-state index in [1.54, 1.807) is 24.3 Å². The Morgan fingerprint density at radius 3 is 1.48 bits per heavy atom. The molecule has 2 N–H and O–H groups in total. The van der Waals surface area contributed by atoms with Crippen LogP contribution in [0.4, 0.5) is 0 Å². The standard InChI is InChI=1S/C21H20O2/c1-2-4-21-19(15-7-11-17(22)12-8-15)5-3-6-20(21)16-9-13-18(23)14-10-16/h3,5-14,22-23H,2,4H2,1H3. The Morgan fingerprint density at radius 2 is 1.09 bits per heavy atom. The summed E-state index contributed by atoms with van der Waals surface area (Å²) in [4.78, 5) is 0. The minimum atomic E-state index is 0.278. The number of phenols is 2. The maximum Gasteiger partial charge on any atom is 0.115 e. The van der Waals surface area contributed by atoms with Crippen molar-refractivity contribution >= 4 is 0 Å². The van der Waals surface area contributed by atoms with E-state index >= 15 is 0 Å². The highest BCUT2D eigenvalue weighted by Gasteiger charge is 2.11. The van der Waals surface area contributed by atoms with Gasteiger partial charge in [0, 0.05) is 0 Å². The van der Waals surface area contributed by atoms with Crippen LogP contribution in [-0.4, -0.2) is 10.2 Å². The zero-order valence-electron chi connectivity index (χ0n) is 13.2. The fourth-order valence-electron chi connectivity index (χ4n) is 2.93. The molecule has 0 aliphatic rings. The number of benzene rings is 3. The van der Waals surface area contributed by atoms with Crippen molar-refractivity contribution in [3.05, 3.63) is 72.3 Å². The smallest absolute Gasteiger partial charge is 0.115 e. The zero-order chi connectivity index (χ0) is 16.2. The summed E-state index contributed by atoms with van der Waals surface area (Å²) in [7, 11) is 0. The Kier molecular flexibility index (Phi) is 4.33. The van der Waals surface area contributed by atoms with Gasteiger partial charge >= 0.3 is 0 Å². The predicted octanol–water partition coefficient (Wildman–Crippen LogP) is 5.38. The number of phenolic OH excluding ortho intramolecular Hbond substituents is 2. The van der Waals surface area contributed by atoms with Crippen molar-refractivity contribution in [2.24, 2.45) is 0 Å². The van der Waals surface area contributed by atoms with Crippen LogP contribution in [-0.2, 0) is 6.42 Å². The molecule has 0 aromatic heterocycles. The van der Waals surface area contributed by atoms with Crippen LogP contribution in [0.15, 0.2) is 66.7 Å². The van der Waals surface area contributed by atoms with Crippen LogP contribution in [0.3, 0.4) is 0 Å². The maximum atomic E-state index is 9.51. The highest BCUT2D eigenvalue weighted by Crippen LogP contribution is 2.34. The molecule has 0 amide bonds. The lowest BCUT2D eigenvalue weighted by molar-refractivity contribution is 0.475. The van der Waals surface area contributed by atoms with Crippen LogP contribution < -0.4 is 0 Å². The van der Waals surface area contributed by atoms with Crippen LogP contribution in [0, 0.1) is 0 Å². The van der Waals surface area contributed by atoms with Crippen molar-refractivity contribution in [1.29, 1.82) is 0 Å². The Hall–Kier alpha value is -2.74. The monoisotopic (exact) mass is 304 g/mol. The van der Waals surface area contributed by atoms with Gasteiger partial charge in [0.15, 0.2) is 0 Å². The van der Waals surface area contributed by atoms with E-state index in [-0.39, 0.29) is 11.5 Å². The molecule has 2 nitrogen and oxygen atoms in total. The second-order valence-electron chi connectivity index (χ2n) is 5.68. The Morgan fingerprint density at radius 1 is 0.652 bits per heavy atom. The molecular weight excluding hydrogens is 284 g/mol. The van der Waals surface area contributed by atoms with Gasteiger partial charge in [-0.1, -0.05) is 55.8 Å². The van der Waals surface area contributed by atoms with Gasteiger partial charge in [0.2, 0.25) is 0 Å². The van der Waals surface area contributed by atoms with Crippen LogP contribution >= 0.6 is 0 Å². The van der Waals surface area contributed by atoms with E-state index in [4.69, 9.17) is 0 Å². The lowest BCUT2D eigenvalue weighted by Crippen LogP contribution is -1.94. The Balaban J connectivity index is 2.15. The Bertz CT molecular complexity index is 723. The van der Waals surface area contributed by atoms with Crippen LogP contribution in [0.25, 0.3) is 22.3 Å². The van der Waals surface area contributed by atoms with Crippen molar-refractivity contribution in [2.75, 3.05) is 0 Å². The molecule has 0 atom stereocenters. The molecule has 0 radical (unpaired) electrons. The number of rotatable bonds is 4. The van der Waals surface area contributed by atoms with Gasteiger partial charge in [0.05, 0.1) is 0 Å². The van der Waals surface area contributed by atoms with E-state index in [1.807, 2.05) is 24.3 Å². The van der Waals surface area contributed by atoms with Gasteiger partial charge in [-0.3, -0.25) is 0 Å². The third kappa shape index (κ3) is 3.21. The Labute approximate surface area is 136 Å². The third-order valence-corrected chi connectivity index (χ3v) is 4.03. The van der Waals surface area contributed by atoms with E-state index < -0.39 is 0 Å². The first-order valence-corrected chi connectivity index (χ1v) is 7.89. The molecule has 0 aliphatic heterocycles. The quantitative estimate of drug-likeness (QED) is 0.679. The van der Waals surface area contributed by atoms with Gasteiger partial charge < -0.3 is 10.2 Å². The first-order valence-electron chi connectivity index (χ1n) is 7.89. The summed E-state index contributed by atoms with van der Waals surface area (Å²) in [6, 6.07) is 21.0. The molecule has 0 saturated heterocycles. The van der Waals surface area contributed by atoms with Crippen LogP contribution in [0.5, 0.6) is 11.5 Å². The van der Waals surface area contributed by atoms with Crippen LogP contribution in [0.1, 0.15) is 18.9 Å². The topological polar surface area (TPSA) is 40.5 Å². The minimum absolute atomic E-state index is 0.278. The lowest BCUT2D eigenvalue weighted by Gasteiger charge is -2.15. The summed E-state index contributed by atoms with van der Waals surface area (Å²) in [6.07, 6.45) is 2.04. The van der Waals surface area contributed by atoms with Crippen molar-refractivity contribution in [3.8, 4) is 33.8 Å². The number of hydrogen-bond acceptors (Lipinski definition) is 2. The minimum Gasteiger partial charge on any atom is -0.508 e. The van der Waals surface area contributed by atoms with Crippen molar-refractivity contribution < 1.29 is 10.2 Å². The van der Waals surface area contributed by atoms with Crippen molar-refractivity contribution in [3.63, 3.8) is 0 Å². The van der Waals surface area contributed by atoms with Gasteiger partial charge in [-0.05, 0) is 58.5 Å². The first kappa shape index (κ1) is 15.2. The molecule has 0 heterocycles. The molecule has 3 aromatic rings. The molecule has 23 heavy (non-hydrogen) atoms. The largest absolute Gasteiger partial charge is 0.508 e. The summed E-state index contributed by atoms with van der Waals surface area (Å²) in [5.41, 5.74) is 5.89. The molecule has 3 rings (SSSR count). The fraction of sp³-hybridized carbons (Fsp3) is 0.143. The molecular formula is C21H20O2. The highest BCUT2D eigenvalue weighted by atomic mass is 16.3. The van der Waals surface area contributed by atoms with Crippen molar-refractivity contribution in [1.82, 2.24) is 0 Å². The van der Waals surface area contributed by atoms with Gasteiger partial charge in [-0.15, -0.1) is 0 Å². The average Bonchev–Trinajstić information content (AvgIpc) is 2.57. The van der Waals surface area contributed by atoms with Crippen molar-refractivity contribution in [2.45, 2.75) is 19.8 Å². The van der Waals surface area contributed by atoms with E-state index in [1.165, 1.54) is 16.7 Å². The van der Waals surface area contributed by atoms with E-state index in [9.17, 15) is 10.2 Å². The second-order valence-corrected chi connectivity index (χ2v) is 5.68. The van der Waals surface area contributed by atoms with Gasteiger partial charge in [-0.2, -0.15) is 0 Å². The molecule has 0 bridgehead atoms. The maximum absolute atomic E-state index is 9.51.